The molecule has 82 valence electrons. The molecule has 2 heterocycles. The number of thiazole rings is 1. The normalized spacial score (nSPS) is 21.5. The van der Waals surface area contributed by atoms with Crippen molar-refractivity contribution < 1.29 is 9.53 Å². The molecule has 0 aromatic carbocycles. The predicted molar refractivity (Wildman–Crippen MR) is 58.3 cm³/mol. The van der Waals surface area contributed by atoms with Crippen LogP contribution in [-0.2, 0) is 4.74 Å². The maximum absolute atomic E-state index is 11.6. The van der Waals surface area contributed by atoms with Crippen LogP contribution in [0.5, 0.6) is 0 Å². The molecule has 1 fully saturated rings. The first-order valence-corrected chi connectivity index (χ1v) is 5.99. The first-order chi connectivity index (χ1) is 7.36. The zero-order valence-corrected chi connectivity index (χ0v) is 9.26. The van der Waals surface area contributed by atoms with E-state index in [0.717, 1.165) is 25.9 Å². The van der Waals surface area contributed by atoms with Crippen LogP contribution < -0.4 is 5.32 Å². The second-order valence-electron chi connectivity index (χ2n) is 3.54. The Morgan fingerprint density at radius 3 is 3.33 bits per heavy atom. The van der Waals surface area contributed by atoms with Gasteiger partial charge in [-0.25, -0.2) is 4.98 Å². The Kier molecular flexibility index (Phi) is 3.82. The monoisotopic (exact) mass is 226 g/mol. The Balaban J connectivity index is 1.75. The van der Waals surface area contributed by atoms with Gasteiger partial charge < -0.3 is 10.1 Å². The van der Waals surface area contributed by atoms with Crippen LogP contribution in [0.3, 0.4) is 0 Å². The van der Waals surface area contributed by atoms with E-state index in [2.05, 4.69) is 10.3 Å². The molecule has 4 nitrogen and oxygen atoms in total. The quantitative estimate of drug-likeness (QED) is 0.781. The van der Waals surface area contributed by atoms with Crippen molar-refractivity contribution in [3.05, 3.63) is 16.6 Å². The first kappa shape index (κ1) is 10.7. The number of aromatic nitrogens is 1. The van der Waals surface area contributed by atoms with E-state index in [9.17, 15) is 4.79 Å². The summed E-state index contributed by atoms with van der Waals surface area (Å²) in [4.78, 5) is 15.5. The highest BCUT2D eigenvalue weighted by Crippen LogP contribution is 2.09. The van der Waals surface area contributed by atoms with Crippen LogP contribution in [-0.4, -0.2) is 36.6 Å². The number of carbonyl (C=O) groups is 1. The summed E-state index contributed by atoms with van der Waals surface area (Å²) in [6.07, 6.45) is 3.98. The molecular formula is C10H14N2O2S. The molecule has 2 rings (SSSR count). The summed E-state index contributed by atoms with van der Waals surface area (Å²) in [5, 5.41) is 5.59. The van der Waals surface area contributed by atoms with E-state index >= 15 is 0 Å². The number of rotatable bonds is 4. The lowest BCUT2D eigenvalue weighted by molar-refractivity contribution is 0.0347. The molecule has 1 aliphatic rings. The van der Waals surface area contributed by atoms with Crippen molar-refractivity contribution in [3.63, 3.8) is 0 Å². The van der Waals surface area contributed by atoms with Crippen LogP contribution in [0.1, 0.15) is 22.6 Å². The SMILES string of the molecule is O=C(COC1CCCNC1)c1nccs1. The number of ketones is 1. The van der Waals surface area contributed by atoms with Gasteiger partial charge in [-0.15, -0.1) is 11.3 Å². The second-order valence-corrected chi connectivity index (χ2v) is 4.43. The molecule has 1 saturated heterocycles. The van der Waals surface area contributed by atoms with E-state index in [1.807, 2.05) is 0 Å². The zero-order valence-electron chi connectivity index (χ0n) is 8.44. The Labute approximate surface area is 92.7 Å². The molecule has 0 saturated carbocycles. The minimum atomic E-state index is -0.0180. The first-order valence-electron chi connectivity index (χ1n) is 5.11. The maximum Gasteiger partial charge on any atom is 0.216 e. The minimum absolute atomic E-state index is 0.0180. The summed E-state index contributed by atoms with van der Waals surface area (Å²) in [6, 6.07) is 0. The zero-order chi connectivity index (χ0) is 10.5. The molecule has 1 atom stereocenters. The average molecular weight is 226 g/mol. The number of ether oxygens (including phenoxy) is 1. The van der Waals surface area contributed by atoms with Crippen LogP contribution in [0, 0.1) is 0 Å². The lowest BCUT2D eigenvalue weighted by Crippen LogP contribution is -2.36. The predicted octanol–water partition coefficient (Wildman–Crippen LogP) is 1.09. The summed E-state index contributed by atoms with van der Waals surface area (Å²) in [6.45, 7) is 2.06. The Morgan fingerprint density at radius 1 is 1.73 bits per heavy atom. The molecule has 0 radical (unpaired) electrons. The third-order valence-electron chi connectivity index (χ3n) is 2.37. The number of piperidine rings is 1. The van der Waals surface area contributed by atoms with Crippen molar-refractivity contribution in [1.82, 2.24) is 10.3 Å². The molecule has 1 unspecified atom stereocenters. The Morgan fingerprint density at radius 2 is 2.67 bits per heavy atom. The third-order valence-corrected chi connectivity index (χ3v) is 3.19. The Bertz CT molecular complexity index is 307. The van der Waals surface area contributed by atoms with Crippen molar-refractivity contribution in [2.24, 2.45) is 0 Å². The highest BCUT2D eigenvalue weighted by molar-refractivity contribution is 7.11. The van der Waals surface area contributed by atoms with Crippen molar-refractivity contribution in [2.45, 2.75) is 18.9 Å². The lowest BCUT2D eigenvalue weighted by atomic mass is 10.1. The van der Waals surface area contributed by atoms with Crippen LogP contribution in [0.4, 0.5) is 0 Å². The van der Waals surface area contributed by atoms with Crippen LogP contribution in [0.15, 0.2) is 11.6 Å². The maximum atomic E-state index is 11.6. The fourth-order valence-electron chi connectivity index (χ4n) is 1.58. The fourth-order valence-corrected chi connectivity index (χ4v) is 2.14. The van der Waals surface area contributed by atoms with Crippen molar-refractivity contribution in [2.75, 3.05) is 19.7 Å². The Hall–Kier alpha value is -0.780. The van der Waals surface area contributed by atoms with Gasteiger partial charge in [0.1, 0.15) is 6.61 Å². The summed E-state index contributed by atoms with van der Waals surface area (Å²) >= 11 is 1.36. The van der Waals surface area contributed by atoms with Crippen LogP contribution >= 0.6 is 11.3 Å². The van der Waals surface area contributed by atoms with Gasteiger partial charge in [0.05, 0.1) is 6.10 Å². The van der Waals surface area contributed by atoms with E-state index in [4.69, 9.17) is 4.74 Å². The summed E-state index contributed by atoms with van der Waals surface area (Å²) in [5.74, 6) is -0.0180. The van der Waals surface area contributed by atoms with Gasteiger partial charge in [-0.3, -0.25) is 4.79 Å². The number of carbonyl (C=O) groups excluding carboxylic acids is 1. The number of nitrogens with zero attached hydrogens (tertiary/aromatic N) is 1. The highest BCUT2D eigenvalue weighted by atomic mass is 32.1. The molecule has 5 heteroatoms. The molecule has 1 aliphatic heterocycles. The largest absolute Gasteiger partial charge is 0.369 e. The van der Waals surface area contributed by atoms with Gasteiger partial charge in [-0.1, -0.05) is 0 Å². The van der Waals surface area contributed by atoms with E-state index in [0.29, 0.717) is 5.01 Å². The summed E-state index contributed by atoms with van der Waals surface area (Å²) in [5.41, 5.74) is 0. The van der Waals surface area contributed by atoms with Crippen molar-refractivity contribution >= 4 is 17.1 Å². The van der Waals surface area contributed by atoms with Gasteiger partial charge >= 0.3 is 0 Å². The van der Waals surface area contributed by atoms with E-state index in [1.165, 1.54) is 11.3 Å². The van der Waals surface area contributed by atoms with Gasteiger partial charge in [0, 0.05) is 18.1 Å². The van der Waals surface area contributed by atoms with Gasteiger partial charge in [-0.05, 0) is 19.4 Å². The van der Waals surface area contributed by atoms with Crippen LogP contribution in [0.25, 0.3) is 0 Å². The second kappa shape index (κ2) is 5.34. The summed E-state index contributed by atoms with van der Waals surface area (Å²) in [7, 11) is 0. The molecule has 0 amide bonds. The molecule has 0 bridgehead atoms. The van der Waals surface area contributed by atoms with Gasteiger partial charge in [0.25, 0.3) is 0 Å². The van der Waals surface area contributed by atoms with Crippen molar-refractivity contribution in [1.29, 1.82) is 0 Å². The molecular weight excluding hydrogens is 212 g/mol. The molecule has 1 aromatic heterocycles. The highest BCUT2D eigenvalue weighted by Gasteiger charge is 2.16. The summed E-state index contributed by atoms with van der Waals surface area (Å²) < 4.78 is 5.52. The average Bonchev–Trinajstić information content (AvgIpc) is 2.81. The number of nitrogens with one attached hydrogen (secondary N) is 1. The van der Waals surface area contributed by atoms with Crippen LogP contribution in [0.2, 0.25) is 0 Å². The van der Waals surface area contributed by atoms with Gasteiger partial charge in [0.2, 0.25) is 5.78 Å². The van der Waals surface area contributed by atoms with Gasteiger partial charge in [0.15, 0.2) is 5.01 Å². The minimum Gasteiger partial charge on any atom is -0.369 e. The molecule has 1 aromatic rings. The number of hydrogen-bond donors (Lipinski definition) is 1. The van der Waals surface area contributed by atoms with E-state index < -0.39 is 0 Å². The third kappa shape index (κ3) is 3.09. The van der Waals surface area contributed by atoms with E-state index in [-0.39, 0.29) is 18.5 Å². The van der Waals surface area contributed by atoms with Crippen molar-refractivity contribution in [3.8, 4) is 0 Å². The fraction of sp³-hybridized carbons (Fsp3) is 0.600. The lowest BCUT2D eigenvalue weighted by Gasteiger charge is -2.22. The van der Waals surface area contributed by atoms with E-state index in [1.54, 1.807) is 11.6 Å². The smallest absolute Gasteiger partial charge is 0.216 e. The molecule has 0 spiro atoms. The standard InChI is InChI=1S/C10H14N2O2S/c13-9(10-12-4-5-15-10)7-14-8-2-1-3-11-6-8/h4-5,8,11H,1-3,6-7H2. The van der Waals surface area contributed by atoms with Gasteiger partial charge in [-0.2, -0.15) is 0 Å². The molecule has 1 N–H and O–H groups in total. The molecule has 15 heavy (non-hydrogen) atoms. The molecule has 0 aliphatic carbocycles. The number of Topliss-reactive ketones (excluding diaryl/α,β-unsaturated/α-hetero) is 1. The number of hydrogen-bond acceptors (Lipinski definition) is 5. The topological polar surface area (TPSA) is 51.2 Å².